The third kappa shape index (κ3) is 4.63. The van der Waals surface area contributed by atoms with E-state index < -0.39 is 5.97 Å². The number of benzene rings is 3. The van der Waals surface area contributed by atoms with Crippen molar-refractivity contribution in [1.82, 2.24) is 0 Å². The summed E-state index contributed by atoms with van der Waals surface area (Å²) in [7, 11) is 0. The van der Waals surface area contributed by atoms with E-state index in [4.69, 9.17) is 9.73 Å². The van der Waals surface area contributed by atoms with Crippen LogP contribution in [0.1, 0.15) is 80.1 Å². The van der Waals surface area contributed by atoms with Crippen LogP contribution in [-0.2, 0) is 10.8 Å². The minimum Gasteiger partial charge on any atom is -0.494 e. The normalized spacial score (nSPS) is 16.6. The fraction of sp³-hybridized carbons (Fsp3) is 0.333. The Morgan fingerprint density at radius 1 is 0.882 bits per heavy atom. The number of carboxylic acid groups (broad SMARTS) is 1. The molecule has 4 nitrogen and oxygen atoms in total. The van der Waals surface area contributed by atoms with Crippen molar-refractivity contribution in [2.75, 3.05) is 6.61 Å². The standard InChI is InChI=1S/C30H33NO3/c1-6-34-25-19-22(18-24-26(25)30(4,5)17-16-29(24,2)3)27(31-23-10-8-7-9-11-23)20-12-14-21(15-13-20)28(32)33/h7-15,18-19H,6,16-17H2,1-5H3,(H,32,33). The summed E-state index contributed by atoms with van der Waals surface area (Å²) in [5.41, 5.74) is 6.35. The fourth-order valence-corrected chi connectivity index (χ4v) is 4.84. The van der Waals surface area contributed by atoms with Gasteiger partial charge in [-0.05, 0) is 72.6 Å². The zero-order valence-corrected chi connectivity index (χ0v) is 20.7. The van der Waals surface area contributed by atoms with Crippen LogP contribution >= 0.6 is 0 Å². The van der Waals surface area contributed by atoms with E-state index >= 15 is 0 Å². The third-order valence-corrected chi connectivity index (χ3v) is 6.86. The van der Waals surface area contributed by atoms with Crippen LogP contribution < -0.4 is 4.74 Å². The Balaban J connectivity index is 1.97. The molecule has 3 aromatic carbocycles. The SMILES string of the molecule is CCOc1cc(C(=Nc2ccccc2)c2ccc(C(=O)O)cc2)cc2c1C(C)(C)CCC2(C)C. The van der Waals surface area contributed by atoms with E-state index in [1.165, 1.54) is 11.1 Å². The highest BCUT2D eigenvalue weighted by Gasteiger charge is 2.40. The van der Waals surface area contributed by atoms with Crippen LogP contribution in [0.5, 0.6) is 5.75 Å². The Morgan fingerprint density at radius 2 is 1.50 bits per heavy atom. The van der Waals surface area contributed by atoms with E-state index in [0.717, 1.165) is 41.1 Å². The lowest BCUT2D eigenvalue weighted by Gasteiger charge is -2.43. The predicted octanol–water partition coefficient (Wildman–Crippen LogP) is 7.30. The van der Waals surface area contributed by atoms with Crippen LogP contribution in [0, 0.1) is 0 Å². The Kier molecular flexibility index (Phi) is 6.35. The summed E-state index contributed by atoms with van der Waals surface area (Å²) >= 11 is 0. The second-order valence-corrected chi connectivity index (χ2v) is 10.3. The number of ether oxygens (including phenoxy) is 1. The molecular weight excluding hydrogens is 422 g/mol. The molecule has 0 radical (unpaired) electrons. The van der Waals surface area contributed by atoms with Gasteiger partial charge in [0.1, 0.15) is 5.75 Å². The zero-order valence-electron chi connectivity index (χ0n) is 20.7. The molecule has 0 unspecified atom stereocenters. The van der Waals surface area contributed by atoms with E-state index in [1.54, 1.807) is 12.1 Å². The average Bonchev–Trinajstić information content (AvgIpc) is 2.81. The van der Waals surface area contributed by atoms with Crippen molar-refractivity contribution in [3.8, 4) is 5.75 Å². The molecule has 0 aliphatic heterocycles. The lowest BCUT2D eigenvalue weighted by atomic mass is 9.62. The predicted molar refractivity (Wildman–Crippen MR) is 138 cm³/mol. The summed E-state index contributed by atoms with van der Waals surface area (Å²) in [6, 6.07) is 21.2. The molecule has 0 spiro atoms. The second-order valence-electron chi connectivity index (χ2n) is 10.3. The minimum atomic E-state index is -0.940. The maximum atomic E-state index is 11.4. The van der Waals surface area contributed by atoms with Crippen LogP contribution in [0.3, 0.4) is 0 Å². The summed E-state index contributed by atoms with van der Waals surface area (Å²) in [4.78, 5) is 16.4. The van der Waals surface area contributed by atoms with Gasteiger partial charge in [-0.3, -0.25) is 0 Å². The van der Waals surface area contributed by atoms with Crippen molar-refractivity contribution in [1.29, 1.82) is 0 Å². The summed E-state index contributed by atoms with van der Waals surface area (Å²) in [6.07, 6.45) is 2.20. The van der Waals surface area contributed by atoms with Crippen molar-refractivity contribution in [2.45, 2.75) is 58.3 Å². The molecule has 176 valence electrons. The first-order valence-electron chi connectivity index (χ1n) is 11.9. The molecule has 3 aromatic rings. The van der Waals surface area contributed by atoms with Gasteiger partial charge in [-0.25, -0.2) is 9.79 Å². The third-order valence-electron chi connectivity index (χ3n) is 6.86. The highest BCUT2D eigenvalue weighted by atomic mass is 16.5. The maximum Gasteiger partial charge on any atom is 0.335 e. The monoisotopic (exact) mass is 455 g/mol. The Labute approximate surface area is 202 Å². The van der Waals surface area contributed by atoms with Gasteiger partial charge in [-0.15, -0.1) is 0 Å². The van der Waals surface area contributed by atoms with Crippen LogP contribution in [0.2, 0.25) is 0 Å². The van der Waals surface area contributed by atoms with E-state index in [9.17, 15) is 9.90 Å². The number of para-hydroxylation sites is 1. The smallest absolute Gasteiger partial charge is 0.335 e. The highest BCUT2D eigenvalue weighted by Crippen LogP contribution is 2.50. The molecule has 0 saturated heterocycles. The first kappa shape index (κ1) is 23.7. The molecule has 0 fully saturated rings. The van der Waals surface area contributed by atoms with Crippen LogP contribution in [0.25, 0.3) is 0 Å². The quantitative estimate of drug-likeness (QED) is 0.397. The number of fused-ring (bicyclic) bond motifs is 1. The lowest BCUT2D eigenvalue weighted by Crippen LogP contribution is -2.34. The van der Waals surface area contributed by atoms with Gasteiger partial charge in [0.15, 0.2) is 0 Å². The van der Waals surface area contributed by atoms with E-state index in [-0.39, 0.29) is 16.4 Å². The van der Waals surface area contributed by atoms with E-state index in [0.29, 0.717) is 6.61 Å². The molecule has 0 heterocycles. The van der Waals surface area contributed by atoms with Crippen molar-refractivity contribution in [2.24, 2.45) is 4.99 Å². The molecule has 34 heavy (non-hydrogen) atoms. The first-order chi connectivity index (χ1) is 16.1. The minimum absolute atomic E-state index is 0.0116. The zero-order chi connectivity index (χ0) is 24.5. The number of aromatic carboxylic acids is 1. The largest absolute Gasteiger partial charge is 0.494 e. The number of hydrogen-bond acceptors (Lipinski definition) is 3. The van der Waals surface area contributed by atoms with Crippen molar-refractivity contribution in [3.05, 3.63) is 94.5 Å². The highest BCUT2D eigenvalue weighted by molar-refractivity contribution is 6.14. The topological polar surface area (TPSA) is 58.9 Å². The fourth-order valence-electron chi connectivity index (χ4n) is 4.84. The van der Waals surface area contributed by atoms with Crippen molar-refractivity contribution >= 4 is 17.4 Å². The average molecular weight is 456 g/mol. The molecule has 1 aliphatic rings. The second kappa shape index (κ2) is 9.09. The van der Waals surface area contributed by atoms with Crippen molar-refractivity contribution in [3.63, 3.8) is 0 Å². The number of carboxylic acids is 1. The number of hydrogen-bond donors (Lipinski definition) is 1. The van der Waals surface area contributed by atoms with E-state index in [1.807, 2.05) is 49.4 Å². The molecule has 0 amide bonds. The van der Waals surface area contributed by atoms with Crippen molar-refractivity contribution < 1.29 is 14.6 Å². The summed E-state index contributed by atoms with van der Waals surface area (Å²) in [5, 5.41) is 9.35. The molecule has 4 heteroatoms. The summed E-state index contributed by atoms with van der Waals surface area (Å²) < 4.78 is 6.23. The Hall–Kier alpha value is -3.40. The van der Waals surface area contributed by atoms with Gasteiger partial charge in [0.25, 0.3) is 0 Å². The number of carbonyl (C=O) groups is 1. The summed E-state index contributed by atoms with van der Waals surface area (Å²) in [6.45, 7) is 11.8. The van der Waals surface area contributed by atoms with Gasteiger partial charge in [0.2, 0.25) is 0 Å². The van der Waals surface area contributed by atoms with Crippen LogP contribution in [0.15, 0.2) is 71.7 Å². The lowest BCUT2D eigenvalue weighted by molar-refractivity contribution is 0.0697. The molecule has 0 saturated carbocycles. The van der Waals surface area contributed by atoms with E-state index in [2.05, 4.69) is 39.8 Å². The maximum absolute atomic E-state index is 11.4. The Morgan fingerprint density at radius 3 is 2.12 bits per heavy atom. The van der Waals surface area contributed by atoms with Gasteiger partial charge in [-0.1, -0.05) is 58.0 Å². The van der Waals surface area contributed by atoms with Gasteiger partial charge in [0.05, 0.1) is 23.6 Å². The summed E-state index contributed by atoms with van der Waals surface area (Å²) in [5.74, 6) is -0.0276. The van der Waals surface area contributed by atoms with Gasteiger partial charge in [0, 0.05) is 16.7 Å². The van der Waals surface area contributed by atoms with Crippen LogP contribution in [0.4, 0.5) is 5.69 Å². The molecule has 4 rings (SSSR count). The van der Waals surface area contributed by atoms with Gasteiger partial charge in [-0.2, -0.15) is 0 Å². The first-order valence-corrected chi connectivity index (χ1v) is 11.9. The van der Waals surface area contributed by atoms with Crippen LogP contribution in [-0.4, -0.2) is 23.4 Å². The number of nitrogens with zero attached hydrogens (tertiary/aromatic N) is 1. The number of aliphatic imine (C=N–C) groups is 1. The molecule has 0 aromatic heterocycles. The Bertz CT molecular complexity index is 1220. The molecule has 0 atom stereocenters. The molecule has 1 aliphatic carbocycles. The van der Waals surface area contributed by atoms with Gasteiger partial charge < -0.3 is 9.84 Å². The van der Waals surface area contributed by atoms with Gasteiger partial charge >= 0.3 is 5.97 Å². The number of rotatable bonds is 6. The molecule has 0 bridgehead atoms. The molecule has 1 N–H and O–H groups in total. The molecular formula is C30H33NO3.